The summed E-state index contributed by atoms with van der Waals surface area (Å²) in [5.41, 5.74) is 5.83. The van der Waals surface area contributed by atoms with Crippen molar-refractivity contribution in [2.45, 2.75) is 51.9 Å². The monoisotopic (exact) mass is 243 g/mol. The molecule has 5 nitrogen and oxygen atoms in total. The van der Waals surface area contributed by atoms with Crippen molar-refractivity contribution in [3.05, 3.63) is 0 Å². The van der Waals surface area contributed by atoms with E-state index >= 15 is 0 Å². The fraction of sp³-hybridized carbons (Fsp3) is 0.917. The van der Waals surface area contributed by atoms with E-state index in [1.807, 2.05) is 27.7 Å². The molecule has 1 amide bonds. The summed E-state index contributed by atoms with van der Waals surface area (Å²) in [5.74, 6) is 0.0744. The zero-order valence-corrected chi connectivity index (χ0v) is 11.3. The van der Waals surface area contributed by atoms with Gasteiger partial charge in [0.2, 0.25) is 5.91 Å². The van der Waals surface area contributed by atoms with Gasteiger partial charge in [0, 0.05) is 25.2 Å². The number of nitrogens with one attached hydrogen (secondary N) is 1. The van der Waals surface area contributed by atoms with Crippen molar-refractivity contribution in [1.29, 1.82) is 0 Å². The van der Waals surface area contributed by atoms with E-state index in [0.29, 0.717) is 6.61 Å². The zero-order chi connectivity index (χ0) is 13.0. The number of carbonyl (C=O) groups is 1. The van der Waals surface area contributed by atoms with E-state index in [9.17, 15) is 4.79 Å². The third-order valence-electron chi connectivity index (χ3n) is 3.07. The first kappa shape index (κ1) is 14.4. The summed E-state index contributed by atoms with van der Waals surface area (Å²) in [5, 5.41) is 2.93. The molecule has 3 N–H and O–H groups in total. The molecule has 1 aliphatic rings. The van der Waals surface area contributed by atoms with Gasteiger partial charge in [-0.2, -0.15) is 0 Å². The van der Waals surface area contributed by atoms with Gasteiger partial charge in [-0.1, -0.05) is 0 Å². The normalized spacial score (nSPS) is 25.6. The number of rotatable bonds is 4. The van der Waals surface area contributed by atoms with Gasteiger partial charge in [0.15, 0.2) is 0 Å². The molecule has 5 heteroatoms. The fourth-order valence-electron chi connectivity index (χ4n) is 1.94. The molecule has 0 bridgehead atoms. The molecule has 0 aliphatic carbocycles. The fourth-order valence-corrected chi connectivity index (χ4v) is 1.94. The molecule has 0 aromatic rings. The minimum absolute atomic E-state index is 0.00170. The van der Waals surface area contributed by atoms with Gasteiger partial charge in [-0.15, -0.1) is 0 Å². The molecule has 1 aliphatic heterocycles. The Hall–Kier alpha value is -0.650. The smallest absolute Gasteiger partial charge is 0.237 e. The van der Waals surface area contributed by atoms with Crippen LogP contribution in [-0.4, -0.2) is 54.7 Å². The molecule has 0 saturated carbocycles. The van der Waals surface area contributed by atoms with Crippen LogP contribution < -0.4 is 11.1 Å². The number of ether oxygens (including phenoxy) is 1. The molecule has 0 radical (unpaired) electrons. The maximum atomic E-state index is 11.9. The quantitative estimate of drug-likeness (QED) is 0.726. The Bertz CT molecular complexity index is 256. The van der Waals surface area contributed by atoms with Crippen molar-refractivity contribution in [2.24, 2.45) is 5.73 Å². The van der Waals surface area contributed by atoms with Crippen LogP contribution in [0, 0.1) is 0 Å². The van der Waals surface area contributed by atoms with Gasteiger partial charge in [0.1, 0.15) is 0 Å². The number of hydrogen-bond donors (Lipinski definition) is 2. The lowest BCUT2D eigenvalue weighted by Crippen LogP contribution is -2.56. The summed E-state index contributed by atoms with van der Waals surface area (Å²) in [6.07, 6.45) is 0.0260. The molecule has 3 atom stereocenters. The van der Waals surface area contributed by atoms with E-state index < -0.39 is 0 Å². The molecule has 100 valence electrons. The first-order valence-electron chi connectivity index (χ1n) is 6.33. The largest absolute Gasteiger partial charge is 0.374 e. The number of morpholine rings is 1. The predicted molar refractivity (Wildman–Crippen MR) is 67.7 cm³/mol. The van der Waals surface area contributed by atoms with Crippen molar-refractivity contribution in [2.75, 3.05) is 19.7 Å². The molecular formula is C12H25N3O2. The standard InChI is InChI=1S/C12H25N3O2/c1-8(2)14-12(16)10(4)15-5-6-17-11(7-15)9(3)13/h8-11H,5-7,13H2,1-4H3,(H,14,16). The minimum atomic E-state index is -0.123. The van der Waals surface area contributed by atoms with Crippen molar-refractivity contribution < 1.29 is 9.53 Å². The number of carbonyl (C=O) groups excluding carboxylic acids is 1. The molecule has 0 aromatic heterocycles. The van der Waals surface area contributed by atoms with Crippen LogP contribution in [0.25, 0.3) is 0 Å². The van der Waals surface area contributed by atoms with Gasteiger partial charge >= 0.3 is 0 Å². The van der Waals surface area contributed by atoms with Gasteiger partial charge < -0.3 is 15.8 Å². The summed E-state index contributed by atoms with van der Waals surface area (Å²) < 4.78 is 5.58. The van der Waals surface area contributed by atoms with Crippen molar-refractivity contribution >= 4 is 5.91 Å². The van der Waals surface area contributed by atoms with Crippen molar-refractivity contribution in [3.63, 3.8) is 0 Å². The Morgan fingerprint density at radius 1 is 1.41 bits per heavy atom. The van der Waals surface area contributed by atoms with Crippen LogP contribution in [0.2, 0.25) is 0 Å². The summed E-state index contributed by atoms with van der Waals surface area (Å²) in [6, 6.07) is 0.0518. The lowest BCUT2D eigenvalue weighted by atomic mass is 10.1. The third-order valence-corrected chi connectivity index (χ3v) is 3.07. The van der Waals surface area contributed by atoms with E-state index in [2.05, 4.69) is 10.2 Å². The van der Waals surface area contributed by atoms with Gasteiger partial charge in [0.25, 0.3) is 0 Å². The van der Waals surface area contributed by atoms with Crippen molar-refractivity contribution in [3.8, 4) is 0 Å². The Morgan fingerprint density at radius 2 is 2.06 bits per heavy atom. The maximum absolute atomic E-state index is 11.9. The average molecular weight is 243 g/mol. The van der Waals surface area contributed by atoms with Crippen LogP contribution in [0.5, 0.6) is 0 Å². The molecule has 17 heavy (non-hydrogen) atoms. The third kappa shape index (κ3) is 4.26. The first-order chi connectivity index (χ1) is 7.91. The zero-order valence-electron chi connectivity index (χ0n) is 11.3. The Kier molecular flexibility index (Phi) is 5.36. The van der Waals surface area contributed by atoms with Crippen LogP contribution in [0.4, 0.5) is 0 Å². The van der Waals surface area contributed by atoms with E-state index in [-0.39, 0.29) is 30.1 Å². The van der Waals surface area contributed by atoms with Crippen molar-refractivity contribution in [1.82, 2.24) is 10.2 Å². The van der Waals surface area contributed by atoms with Crippen LogP contribution in [0.1, 0.15) is 27.7 Å². The van der Waals surface area contributed by atoms with E-state index in [1.54, 1.807) is 0 Å². The number of amides is 1. The van der Waals surface area contributed by atoms with Gasteiger partial charge in [-0.25, -0.2) is 0 Å². The number of nitrogens with two attached hydrogens (primary N) is 1. The highest BCUT2D eigenvalue weighted by molar-refractivity contribution is 5.81. The van der Waals surface area contributed by atoms with Gasteiger partial charge in [-0.05, 0) is 27.7 Å². The molecule has 0 aromatic carbocycles. The molecule has 1 fully saturated rings. The molecule has 3 unspecified atom stereocenters. The first-order valence-corrected chi connectivity index (χ1v) is 6.33. The van der Waals surface area contributed by atoms with Crippen LogP contribution in [0.15, 0.2) is 0 Å². The summed E-state index contributed by atoms with van der Waals surface area (Å²) >= 11 is 0. The van der Waals surface area contributed by atoms with E-state index in [1.165, 1.54) is 0 Å². The lowest BCUT2D eigenvalue weighted by Gasteiger charge is -2.37. The molecular weight excluding hydrogens is 218 g/mol. The SMILES string of the molecule is CC(C)NC(=O)C(C)N1CCOC(C(C)N)C1. The molecule has 0 spiro atoms. The summed E-state index contributed by atoms with van der Waals surface area (Å²) in [7, 11) is 0. The summed E-state index contributed by atoms with van der Waals surface area (Å²) in [4.78, 5) is 14.0. The summed E-state index contributed by atoms with van der Waals surface area (Å²) in [6.45, 7) is 9.96. The Balaban J connectivity index is 2.51. The van der Waals surface area contributed by atoms with E-state index in [0.717, 1.165) is 13.1 Å². The van der Waals surface area contributed by atoms with Gasteiger partial charge in [-0.3, -0.25) is 9.69 Å². The highest BCUT2D eigenvalue weighted by Crippen LogP contribution is 2.11. The van der Waals surface area contributed by atoms with Gasteiger partial charge in [0.05, 0.1) is 18.8 Å². The second-order valence-corrected chi connectivity index (χ2v) is 5.10. The lowest BCUT2D eigenvalue weighted by molar-refractivity contribution is -0.130. The average Bonchev–Trinajstić information content (AvgIpc) is 2.27. The minimum Gasteiger partial charge on any atom is -0.374 e. The Labute approximate surface area is 104 Å². The highest BCUT2D eigenvalue weighted by Gasteiger charge is 2.29. The molecule has 1 saturated heterocycles. The number of nitrogens with zero attached hydrogens (tertiary/aromatic N) is 1. The van der Waals surface area contributed by atoms with Crippen LogP contribution >= 0.6 is 0 Å². The molecule has 1 heterocycles. The maximum Gasteiger partial charge on any atom is 0.237 e. The second-order valence-electron chi connectivity index (χ2n) is 5.10. The van der Waals surface area contributed by atoms with Crippen LogP contribution in [-0.2, 0) is 9.53 Å². The second kappa shape index (κ2) is 6.33. The number of hydrogen-bond acceptors (Lipinski definition) is 4. The van der Waals surface area contributed by atoms with E-state index in [4.69, 9.17) is 10.5 Å². The predicted octanol–water partition coefficient (Wildman–Crippen LogP) is -0.0525. The highest BCUT2D eigenvalue weighted by atomic mass is 16.5. The Morgan fingerprint density at radius 3 is 2.59 bits per heavy atom. The topological polar surface area (TPSA) is 67.6 Å². The molecule has 1 rings (SSSR count). The van der Waals surface area contributed by atoms with Crippen LogP contribution in [0.3, 0.4) is 0 Å².